The van der Waals surface area contributed by atoms with Crippen molar-refractivity contribution in [2.75, 3.05) is 0 Å². The third-order valence-corrected chi connectivity index (χ3v) is 3.64. The average molecular weight is 360 g/mol. The van der Waals surface area contributed by atoms with Crippen molar-refractivity contribution in [1.82, 2.24) is 20.6 Å². The normalized spacial score (nSPS) is 13.6. The Labute approximate surface area is 137 Å². The largest absolute Gasteiger partial charge is 0.481 e. The zero-order chi connectivity index (χ0) is 19.4. The highest BCUT2D eigenvalue weighted by Crippen LogP contribution is 2.49. The molecule has 0 aliphatic carbocycles. The lowest BCUT2D eigenvalue weighted by atomic mass is 9.57. The smallest absolute Gasteiger partial charge is 0.319 e. The molecule has 0 bridgehead atoms. The molecule has 1 aromatic heterocycles. The number of aromatic nitrogens is 4. The van der Waals surface area contributed by atoms with Crippen LogP contribution in [0.1, 0.15) is 25.1 Å². The van der Waals surface area contributed by atoms with Gasteiger partial charge in [-0.25, -0.2) is 0 Å². The monoisotopic (exact) mass is 360 g/mol. The first kappa shape index (κ1) is 19.5. The molecule has 0 spiro atoms. The number of nitrogens with zero attached hydrogens (tertiary/aromatic N) is 3. The summed E-state index contributed by atoms with van der Waals surface area (Å²) in [5.41, 5.74) is -6.23. The van der Waals surface area contributed by atoms with Gasteiger partial charge in [-0.2, -0.15) is 5.21 Å². The zero-order valence-electron chi connectivity index (χ0n) is 12.2. The number of aliphatic carboxylic acids is 5. The first-order valence-electron chi connectivity index (χ1n) is 6.35. The minimum absolute atomic E-state index is 0.965. The third-order valence-electron chi connectivity index (χ3n) is 3.64. The molecule has 136 valence electrons. The van der Waals surface area contributed by atoms with Crippen LogP contribution in [0.5, 0.6) is 0 Å². The lowest BCUT2D eigenvalue weighted by Gasteiger charge is -2.40. The summed E-state index contributed by atoms with van der Waals surface area (Å²) >= 11 is 0. The molecule has 1 atom stereocenters. The van der Waals surface area contributed by atoms with E-state index in [9.17, 15) is 34.2 Å². The highest BCUT2D eigenvalue weighted by atomic mass is 16.4. The van der Waals surface area contributed by atoms with E-state index in [0.717, 1.165) is 0 Å². The van der Waals surface area contributed by atoms with E-state index in [1.165, 1.54) is 0 Å². The van der Waals surface area contributed by atoms with Gasteiger partial charge < -0.3 is 25.5 Å². The van der Waals surface area contributed by atoms with Gasteiger partial charge in [-0.3, -0.25) is 24.0 Å². The van der Waals surface area contributed by atoms with Crippen molar-refractivity contribution in [2.45, 2.75) is 24.7 Å². The molecule has 0 amide bonds. The second kappa shape index (κ2) is 6.90. The van der Waals surface area contributed by atoms with Crippen molar-refractivity contribution in [1.29, 1.82) is 0 Å². The van der Waals surface area contributed by atoms with Gasteiger partial charge in [-0.15, -0.1) is 10.2 Å². The maximum atomic E-state index is 11.9. The molecule has 0 aliphatic heterocycles. The fraction of sp³-hybridized carbons (Fsp3) is 0.455. The lowest BCUT2D eigenvalue weighted by molar-refractivity contribution is -0.177. The first-order chi connectivity index (χ1) is 11.5. The third kappa shape index (κ3) is 3.36. The number of carboxylic acids is 5. The van der Waals surface area contributed by atoms with E-state index < -0.39 is 65.8 Å². The molecule has 0 fully saturated rings. The second-order valence-electron chi connectivity index (χ2n) is 5.04. The number of hydrogen-bond donors (Lipinski definition) is 6. The van der Waals surface area contributed by atoms with E-state index in [1.54, 1.807) is 0 Å². The number of carbonyl (C=O) groups is 5. The topological polar surface area (TPSA) is 241 Å². The first-order valence-corrected chi connectivity index (χ1v) is 6.35. The van der Waals surface area contributed by atoms with Gasteiger partial charge in [-0.1, -0.05) is 5.21 Å². The van der Waals surface area contributed by atoms with Crippen LogP contribution in [0.15, 0.2) is 0 Å². The summed E-state index contributed by atoms with van der Waals surface area (Å²) in [6, 6.07) is 0. The standard InChI is InChI=1S/C11H12N4O10/c16-4(17)1-10(8(22)23,2-5(18)19)11(9(24)25,3-6(20)21)7-12-14-15-13-7/h1-3H2,(H,16,17)(H,18,19)(H,20,21)(H,22,23)(H,24,25)(H,12,13,14,15). The van der Waals surface area contributed by atoms with Crippen molar-refractivity contribution in [3.8, 4) is 0 Å². The molecular weight excluding hydrogens is 348 g/mol. The molecule has 0 saturated heterocycles. The van der Waals surface area contributed by atoms with Gasteiger partial charge in [0.25, 0.3) is 0 Å². The Morgan fingerprint density at radius 3 is 1.56 bits per heavy atom. The Bertz CT molecular complexity index is 698. The molecule has 14 heteroatoms. The summed E-state index contributed by atoms with van der Waals surface area (Å²) < 4.78 is 0. The SMILES string of the molecule is O=C(O)CC(CC(=O)O)(C(=O)O)C(CC(=O)O)(C(=O)O)c1nn[nH]n1. The molecular formula is C11H12N4O10. The Balaban J connectivity index is 3.93. The van der Waals surface area contributed by atoms with E-state index in [1.807, 2.05) is 5.21 Å². The molecule has 25 heavy (non-hydrogen) atoms. The van der Waals surface area contributed by atoms with E-state index in [0.29, 0.717) is 0 Å². The van der Waals surface area contributed by atoms with Crippen LogP contribution in [0.2, 0.25) is 0 Å². The summed E-state index contributed by atoms with van der Waals surface area (Å²) in [6.07, 6.45) is -4.51. The van der Waals surface area contributed by atoms with Crippen LogP contribution < -0.4 is 0 Å². The van der Waals surface area contributed by atoms with Crippen LogP contribution in [0, 0.1) is 5.41 Å². The summed E-state index contributed by atoms with van der Waals surface area (Å²) in [6.45, 7) is 0. The van der Waals surface area contributed by atoms with Gasteiger partial charge in [0.05, 0.1) is 19.3 Å². The highest BCUT2D eigenvalue weighted by Gasteiger charge is 2.67. The number of H-pyrrole nitrogens is 1. The molecule has 6 N–H and O–H groups in total. The van der Waals surface area contributed by atoms with E-state index in [-0.39, 0.29) is 0 Å². The van der Waals surface area contributed by atoms with Gasteiger partial charge in [0.2, 0.25) is 0 Å². The highest BCUT2D eigenvalue weighted by molar-refractivity contribution is 5.98. The molecule has 1 aromatic rings. The Kier molecular flexibility index (Phi) is 5.37. The predicted octanol–water partition coefficient (Wildman–Crippen LogP) is -1.98. The average Bonchev–Trinajstić information content (AvgIpc) is 2.96. The molecule has 0 radical (unpaired) electrons. The van der Waals surface area contributed by atoms with Crippen molar-refractivity contribution < 1.29 is 49.5 Å². The summed E-state index contributed by atoms with van der Waals surface area (Å²) in [4.78, 5) is 57.3. The van der Waals surface area contributed by atoms with Crippen LogP contribution in [-0.2, 0) is 29.4 Å². The second-order valence-corrected chi connectivity index (χ2v) is 5.04. The van der Waals surface area contributed by atoms with Gasteiger partial charge in [-0.05, 0) is 0 Å². The number of nitrogens with one attached hydrogen (secondary N) is 1. The minimum Gasteiger partial charge on any atom is -0.481 e. The van der Waals surface area contributed by atoms with Gasteiger partial charge in [0, 0.05) is 0 Å². The van der Waals surface area contributed by atoms with Crippen LogP contribution in [0.4, 0.5) is 0 Å². The molecule has 0 saturated carbocycles. The Morgan fingerprint density at radius 2 is 1.28 bits per heavy atom. The molecule has 0 aliphatic rings. The molecule has 1 rings (SSSR count). The minimum atomic E-state index is -3.12. The molecule has 14 nitrogen and oxygen atoms in total. The van der Waals surface area contributed by atoms with Crippen molar-refractivity contribution in [3.05, 3.63) is 5.82 Å². The Hall–Kier alpha value is -3.58. The zero-order valence-corrected chi connectivity index (χ0v) is 12.2. The summed E-state index contributed by atoms with van der Waals surface area (Å²) in [7, 11) is 0. The quantitative estimate of drug-likeness (QED) is 0.265. The predicted molar refractivity (Wildman–Crippen MR) is 70.3 cm³/mol. The number of aromatic amines is 1. The molecule has 0 aromatic carbocycles. The van der Waals surface area contributed by atoms with Crippen LogP contribution in [0.3, 0.4) is 0 Å². The number of carboxylic acid groups (broad SMARTS) is 5. The van der Waals surface area contributed by atoms with E-state index >= 15 is 0 Å². The number of tetrazole rings is 1. The lowest BCUT2D eigenvalue weighted by Crippen LogP contribution is -2.59. The maximum Gasteiger partial charge on any atom is 0.319 e. The fourth-order valence-corrected chi connectivity index (χ4v) is 2.62. The Morgan fingerprint density at radius 1 is 0.800 bits per heavy atom. The number of rotatable bonds is 10. The molecule has 1 unspecified atom stereocenters. The van der Waals surface area contributed by atoms with Crippen molar-refractivity contribution in [3.63, 3.8) is 0 Å². The van der Waals surface area contributed by atoms with E-state index in [4.69, 9.17) is 15.3 Å². The van der Waals surface area contributed by atoms with Gasteiger partial charge >= 0.3 is 29.8 Å². The molecule has 1 heterocycles. The summed E-state index contributed by atoms with van der Waals surface area (Å²) in [5, 5.41) is 57.7. The number of hydrogen-bond acceptors (Lipinski definition) is 8. The summed E-state index contributed by atoms with van der Waals surface area (Å²) in [5.74, 6) is -10.8. The van der Waals surface area contributed by atoms with Crippen molar-refractivity contribution in [2.24, 2.45) is 5.41 Å². The van der Waals surface area contributed by atoms with Crippen LogP contribution in [0.25, 0.3) is 0 Å². The van der Waals surface area contributed by atoms with Gasteiger partial charge in [0.1, 0.15) is 5.41 Å². The van der Waals surface area contributed by atoms with Crippen LogP contribution in [-0.4, -0.2) is 76.0 Å². The van der Waals surface area contributed by atoms with Gasteiger partial charge in [0.15, 0.2) is 11.2 Å². The van der Waals surface area contributed by atoms with E-state index in [2.05, 4.69) is 15.4 Å². The van der Waals surface area contributed by atoms with Crippen molar-refractivity contribution >= 4 is 29.8 Å². The van der Waals surface area contributed by atoms with Crippen LogP contribution >= 0.6 is 0 Å². The maximum absolute atomic E-state index is 11.9. The fourth-order valence-electron chi connectivity index (χ4n) is 2.62.